The highest BCUT2D eigenvalue weighted by Crippen LogP contribution is 2.29. The van der Waals surface area contributed by atoms with Gasteiger partial charge < -0.3 is 0 Å². The highest BCUT2D eigenvalue weighted by Gasteiger charge is 2.20. The zero-order valence-corrected chi connectivity index (χ0v) is 9.47. The minimum atomic E-state index is -0.326. The summed E-state index contributed by atoms with van der Waals surface area (Å²) >= 11 is 0. The van der Waals surface area contributed by atoms with Gasteiger partial charge in [-0.15, -0.1) is 0 Å². The molecule has 0 saturated carbocycles. The molecule has 1 aromatic carbocycles. The molecule has 0 heterocycles. The molecule has 0 aliphatic heterocycles. The molecule has 2 heteroatoms. The number of nitrogens with zero attached hydrogens (tertiary/aromatic N) is 1. The van der Waals surface area contributed by atoms with Crippen molar-refractivity contribution in [3.63, 3.8) is 0 Å². The molecule has 15 heavy (non-hydrogen) atoms. The molecule has 0 aromatic heterocycles. The molecule has 0 unspecified atom stereocenters. The molecule has 0 spiro atoms. The van der Waals surface area contributed by atoms with E-state index in [9.17, 15) is 4.39 Å². The van der Waals surface area contributed by atoms with Crippen molar-refractivity contribution in [3.05, 3.63) is 35.1 Å². The number of hydrogen-bond acceptors (Lipinski definition) is 1. The van der Waals surface area contributed by atoms with Crippen LogP contribution in [0.3, 0.4) is 0 Å². The predicted molar refractivity (Wildman–Crippen MR) is 59.0 cm³/mol. The largest absolute Gasteiger partial charge is 0.207 e. The molecule has 0 aliphatic rings. The van der Waals surface area contributed by atoms with E-state index in [-0.39, 0.29) is 11.2 Å². The van der Waals surface area contributed by atoms with Gasteiger partial charge in [0, 0.05) is 0 Å². The Morgan fingerprint density at radius 3 is 2.53 bits per heavy atom. The molecule has 0 saturated heterocycles. The van der Waals surface area contributed by atoms with Gasteiger partial charge in [-0.2, -0.15) is 5.26 Å². The minimum absolute atomic E-state index is 0.0670. The summed E-state index contributed by atoms with van der Waals surface area (Å²) in [5.74, 6) is -0.326. The molecule has 1 nitrogen and oxygen atoms in total. The fourth-order valence-electron chi connectivity index (χ4n) is 1.81. The van der Waals surface area contributed by atoms with Gasteiger partial charge in [0.05, 0.1) is 11.6 Å². The molecule has 1 rings (SSSR count). The molecule has 0 atom stereocenters. The van der Waals surface area contributed by atoms with E-state index in [4.69, 9.17) is 5.26 Å². The number of nitriles is 1. The summed E-state index contributed by atoms with van der Waals surface area (Å²) in [6.07, 6.45) is 2.03. The number of hydrogen-bond donors (Lipinski definition) is 0. The van der Waals surface area contributed by atoms with Crippen LogP contribution in [0, 0.1) is 17.1 Å². The maximum Gasteiger partial charge on any atom is 0.124 e. The average Bonchev–Trinajstić information content (AvgIpc) is 2.16. The summed E-state index contributed by atoms with van der Waals surface area (Å²) in [6, 6.07) is 6.55. The van der Waals surface area contributed by atoms with E-state index < -0.39 is 0 Å². The first-order chi connectivity index (χ1) is 6.99. The SMILES string of the molecule is CCCC(C)(C)c1cc(F)cc(C#N)c1. The summed E-state index contributed by atoms with van der Waals surface area (Å²) in [5.41, 5.74) is 1.23. The van der Waals surface area contributed by atoms with Gasteiger partial charge in [0.2, 0.25) is 0 Å². The first kappa shape index (κ1) is 11.7. The fraction of sp³-hybridized carbons (Fsp3) is 0.462. The highest BCUT2D eigenvalue weighted by atomic mass is 19.1. The fourth-order valence-corrected chi connectivity index (χ4v) is 1.81. The van der Waals surface area contributed by atoms with Gasteiger partial charge in [-0.25, -0.2) is 4.39 Å². The lowest BCUT2D eigenvalue weighted by Gasteiger charge is -2.24. The van der Waals surface area contributed by atoms with Crippen LogP contribution < -0.4 is 0 Å². The van der Waals surface area contributed by atoms with Crippen LogP contribution in [-0.2, 0) is 5.41 Å². The third-order valence-corrected chi connectivity index (χ3v) is 2.68. The Morgan fingerprint density at radius 1 is 1.33 bits per heavy atom. The Kier molecular flexibility index (Phi) is 3.47. The van der Waals surface area contributed by atoms with Crippen molar-refractivity contribution in [2.24, 2.45) is 0 Å². The molecule has 0 amide bonds. The number of halogens is 1. The monoisotopic (exact) mass is 205 g/mol. The van der Waals surface area contributed by atoms with Crippen LogP contribution in [0.2, 0.25) is 0 Å². The summed E-state index contributed by atoms with van der Waals surface area (Å²) in [7, 11) is 0. The summed E-state index contributed by atoms with van der Waals surface area (Å²) in [4.78, 5) is 0. The van der Waals surface area contributed by atoms with Crippen molar-refractivity contribution in [2.75, 3.05) is 0 Å². The maximum atomic E-state index is 13.2. The van der Waals surface area contributed by atoms with Gasteiger partial charge in [0.1, 0.15) is 5.82 Å². The average molecular weight is 205 g/mol. The Hall–Kier alpha value is -1.36. The Bertz CT molecular complexity index is 388. The van der Waals surface area contributed by atoms with E-state index in [0.29, 0.717) is 5.56 Å². The van der Waals surface area contributed by atoms with Crippen LogP contribution in [0.15, 0.2) is 18.2 Å². The third kappa shape index (κ3) is 2.79. The lowest BCUT2D eigenvalue weighted by Crippen LogP contribution is -2.17. The van der Waals surface area contributed by atoms with Crippen LogP contribution in [0.5, 0.6) is 0 Å². The Labute approximate surface area is 90.5 Å². The Morgan fingerprint density at radius 2 is 2.00 bits per heavy atom. The second kappa shape index (κ2) is 4.44. The molecular formula is C13H16FN. The van der Waals surface area contributed by atoms with E-state index in [1.54, 1.807) is 6.07 Å². The van der Waals surface area contributed by atoms with Crippen molar-refractivity contribution in [1.82, 2.24) is 0 Å². The van der Waals surface area contributed by atoms with Crippen LogP contribution in [0.25, 0.3) is 0 Å². The van der Waals surface area contributed by atoms with E-state index >= 15 is 0 Å². The quantitative estimate of drug-likeness (QED) is 0.736. The summed E-state index contributed by atoms with van der Waals surface area (Å²) in [5, 5.41) is 8.77. The normalized spacial score (nSPS) is 11.1. The highest BCUT2D eigenvalue weighted by molar-refractivity contribution is 5.36. The zero-order valence-electron chi connectivity index (χ0n) is 9.47. The van der Waals surface area contributed by atoms with Gasteiger partial charge in [0.25, 0.3) is 0 Å². The van der Waals surface area contributed by atoms with Crippen LogP contribution in [0.1, 0.15) is 44.7 Å². The molecule has 0 fully saturated rings. The maximum absolute atomic E-state index is 13.2. The molecule has 0 aliphatic carbocycles. The predicted octanol–water partition coefficient (Wildman–Crippen LogP) is 3.78. The molecule has 1 aromatic rings. The van der Waals surface area contributed by atoms with Crippen molar-refractivity contribution in [1.29, 1.82) is 5.26 Å². The molecule has 80 valence electrons. The van der Waals surface area contributed by atoms with E-state index in [1.165, 1.54) is 12.1 Å². The van der Waals surface area contributed by atoms with Gasteiger partial charge in [0.15, 0.2) is 0 Å². The smallest absolute Gasteiger partial charge is 0.124 e. The first-order valence-corrected chi connectivity index (χ1v) is 5.21. The van der Waals surface area contributed by atoms with E-state index in [1.807, 2.05) is 6.07 Å². The zero-order chi connectivity index (χ0) is 11.5. The van der Waals surface area contributed by atoms with Crippen LogP contribution in [0.4, 0.5) is 4.39 Å². The molecule has 0 bridgehead atoms. The Balaban J connectivity index is 3.14. The first-order valence-electron chi connectivity index (χ1n) is 5.21. The number of benzene rings is 1. The van der Waals surface area contributed by atoms with Crippen LogP contribution >= 0.6 is 0 Å². The van der Waals surface area contributed by atoms with Gasteiger partial charge in [-0.05, 0) is 35.6 Å². The second-order valence-corrected chi connectivity index (χ2v) is 4.47. The van der Waals surface area contributed by atoms with Gasteiger partial charge in [-0.1, -0.05) is 27.2 Å². The van der Waals surface area contributed by atoms with Crippen molar-refractivity contribution < 1.29 is 4.39 Å². The van der Waals surface area contributed by atoms with Crippen molar-refractivity contribution in [3.8, 4) is 6.07 Å². The minimum Gasteiger partial charge on any atom is -0.207 e. The van der Waals surface area contributed by atoms with Crippen molar-refractivity contribution in [2.45, 2.75) is 39.0 Å². The lowest BCUT2D eigenvalue weighted by molar-refractivity contribution is 0.469. The van der Waals surface area contributed by atoms with Crippen molar-refractivity contribution >= 4 is 0 Å². The molecule has 0 N–H and O–H groups in total. The summed E-state index contributed by atoms with van der Waals surface area (Å²) in [6.45, 7) is 6.26. The topological polar surface area (TPSA) is 23.8 Å². The van der Waals surface area contributed by atoms with Gasteiger partial charge >= 0.3 is 0 Å². The van der Waals surface area contributed by atoms with Gasteiger partial charge in [-0.3, -0.25) is 0 Å². The van der Waals surface area contributed by atoms with E-state index in [0.717, 1.165) is 18.4 Å². The molecule has 0 radical (unpaired) electrons. The second-order valence-electron chi connectivity index (χ2n) is 4.47. The van der Waals surface area contributed by atoms with Crippen LogP contribution in [-0.4, -0.2) is 0 Å². The van der Waals surface area contributed by atoms with E-state index in [2.05, 4.69) is 20.8 Å². The summed E-state index contributed by atoms with van der Waals surface area (Å²) < 4.78 is 13.2. The standard InChI is InChI=1S/C13H16FN/c1-4-5-13(2,3)11-6-10(9-15)7-12(14)8-11/h6-8H,4-5H2,1-3H3. The number of rotatable bonds is 3. The third-order valence-electron chi connectivity index (χ3n) is 2.68. The lowest BCUT2D eigenvalue weighted by atomic mass is 9.80. The molecular weight excluding hydrogens is 189 g/mol.